The predicted octanol–water partition coefficient (Wildman–Crippen LogP) is -0.125. The zero-order chi connectivity index (χ0) is 8.97. The lowest BCUT2D eigenvalue weighted by atomic mass is 10.1. The molecule has 2 unspecified atom stereocenters. The van der Waals surface area contributed by atoms with Crippen molar-refractivity contribution >= 4 is 0 Å². The number of likely N-dealkylation sites (tertiary alicyclic amines) is 1. The summed E-state index contributed by atoms with van der Waals surface area (Å²) in [6, 6.07) is 0.698. The lowest BCUT2D eigenvalue weighted by Gasteiger charge is -2.15. The minimum absolute atomic E-state index is 0.607. The molecule has 1 heterocycles. The maximum Gasteiger partial charge on any atom is 0.0207 e. The topological polar surface area (TPSA) is 41.3 Å². The molecule has 0 aromatic rings. The molecule has 2 atom stereocenters. The lowest BCUT2D eigenvalue weighted by molar-refractivity contribution is 0.389. The van der Waals surface area contributed by atoms with E-state index < -0.39 is 0 Å². The summed E-state index contributed by atoms with van der Waals surface area (Å²) in [5, 5.41) is 3.54. The molecule has 3 N–H and O–H groups in total. The van der Waals surface area contributed by atoms with Crippen LogP contribution >= 0.6 is 0 Å². The van der Waals surface area contributed by atoms with Gasteiger partial charge in [-0.3, -0.25) is 0 Å². The summed E-state index contributed by atoms with van der Waals surface area (Å²) in [7, 11) is 2.17. The highest BCUT2D eigenvalue weighted by molar-refractivity contribution is 4.79. The quantitative estimate of drug-likeness (QED) is 0.619. The van der Waals surface area contributed by atoms with Gasteiger partial charge in [-0.05, 0) is 39.0 Å². The molecule has 0 aliphatic carbocycles. The Morgan fingerprint density at radius 1 is 1.67 bits per heavy atom. The third kappa shape index (κ3) is 3.09. The highest BCUT2D eigenvalue weighted by atomic mass is 15.2. The Kier molecular flexibility index (Phi) is 3.98. The van der Waals surface area contributed by atoms with Gasteiger partial charge in [-0.2, -0.15) is 0 Å². The van der Waals surface area contributed by atoms with Gasteiger partial charge in [-0.15, -0.1) is 0 Å². The van der Waals surface area contributed by atoms with Crippen LogP contribution in [0.1, 0.15) is 13.3 Å². The fourth-order valence-corrected chi connectivity index (χ4v) is 1.55. The largest absolute Gasteiger partial charge is 0.330 e. The highest BCUT2D eigenvalue weighted by Gasteiger charge is 2.18. The van der Waals surface area contributed by atoms with E-state index in [1.165, 1.54) is 19.5 Å². The molecule has 1 aliphatic rings. The van der Waals surface area contributed by atoms with Gasteiger partial charge in [0, 0.05) is 12.6 Å². The second-order valence-electron chi connectivity index (χ2n) is 4.00. The van der Waals surface area contributed by atoms with Crippen LogP contribution in [0.4, 0.5) is 0 Å². The molecule has 3 nitrogen and oxygen atoms in total. The Balaban J connectivity index is 2.07. The number of rotatable bonds is 4. The molecule has 0 radical (unpaired) electrons. The van der Waals surface area contributed by atoms with E-state index in [2.05, 4.69) is 24.2 Å². The molecule has 0 aromatic heterocycles. The summed E-state index contributed by atoms with van der Waals surface area (Å²) >= 11 is 0. The smallest absolute Gasteiger partial charge is 0.0207 e. The van der Waals surface area contributed by atoms with Crippen LogP contribution in [0.15, 0.2) is 0 Å². The van der Waals surface area contributed by atoms with Crippen molar-refractivity contribution in [2.75, 3.05) is 33.2 Å². The summed E-state index contributed by atoms with van der Waals surface area (Å²) in [4.78, 5) is 2.37. The number of nitrogens with one attached hydrogen (secondary N) is 1. The first-order valence-corrected chi connectivity index (χ1v) is 4.84. The van der Waals surface area contributed by atoms with Crippen LogP contribution in [0.25, 0.3) is 0 Å². The van der Waals surface area contributed by atoms with Crippen LogP contribution in [0, 0.1) is 5.92 Å². The number of hydrogen-bond acceptors (Lipinski definition) is 3. The molecule has 12 heavy (non-hydrogen) atoms. The van der Waals surface area contributed by atoms with Crippen LogP contribution in [0.3, 0.4) is 0 Å². The Labute approximate surface area is 75.3 Å². The number of nitrogens with two attached hydrogens (primary N) is 1. The van der Waals surface area contributed by atoms with Crippen molar-refractivity contribution in [3.63, 3.8) is 0 Å². The maximum atomic E-state index is 5.53. The Bertz CT molecular complexity index is 127. The summed E-state index contributed by atoms with van der Waals surface area (Å²) in [5.41, 5.74) is 5.53. The van der Waals surface area contributed by atoms with Gasteiger partial charge in [-0.1, -0.05) is 6.92 Å². The van der Waals surface area contributed by atoms with E-state index in [0.717, 1.165) is 13.1 Å². The maximum absolute atomic E-state index is 5.53. The molecule has 1 rings (SSSR count). The first-order valence-electron chi connectivity index (χ1n) is 4.84. The SMILES string of the molecule is CC(CN)CNC1CCN(C)C1. The van der Waals surface area contributed by atoms with Crippen molar-refractivity contribution in [3.05, 3.63) is 0 Å². The van der Waals surface area contributed by atoms with E-state index >= 15 is 0 Å². The normalized spacial score (nSPS) is 27.8. The summed E-state index contributed by atoms with van der Waals surface area (Å²) in [6.07, 6.45) is 1.29. The highest BCUT2D eigenvalue weighted by Crippen LogP contribution is 2.06. The predicted molar refractivity (Wildman–Crippen MR) is 52.1 cm³/mol. The zero-order valence-electron chi connectivity index (χ0n) is 8.21. The first kappa shape index (κ1) is 9.96. The van der Waals surface area contributed by atoms with Crippen LogP contribution in [0.5, 0.6) is 0 Å². The van der Waals surface area contributed by atoms with Crippen LogP contribution in [-0.4, -0.2) is 44.2 Å². The molecule has 3 heteroatoms. The average Bonchev–Trinajstić information content (AvgIpc) is 2.47. The minimum Gasteiger partial charge on any atom is -0.330 e. The fourth-order valence-electron chi connectivity index (χ4n) is 1.55. The zero-order valence-corrected chi connectivity index (χ0v) is 8.21. The molecule has 1 aliphatic heterocycles. The molecule has 0 spiro atoms. The molecule has 1 fully saturated rings. The van der Waals surface area contributed by atoms with Crippen molar-refractivity contribution in [1.29, 1.82) is 0 Å². The van der Waals surface area contributed by atoms with E-state index in [1.54, 1.807) is 0 Å². The standard InChI is InChI=1S/C9H21N3/c1-8(5-10)6-11-9-3-4-12(2)7-9/h8-9,11H,3-7,10H2,1-2H3. The average molecular weight is 171 g/mol. The van der Waals surface area contributed by atoms with Crippen LogP contribution in [0.2, 0.25) is 0 Å². The third-order valence-corrected chi connectivity index (χ3v) is 2.55. The van der Waals surface area contributed by atoms with Crippen molar-refractivity contribution in [2.45, 2.75) is 19.4 Å². The summed E-state index contributed by atoms with van der Waals surface area (Å²) in [6.45, 7) is 6.46. The third-order valence-electron chi connectivity index (χ3n) is 2.55. The molecule has 0 aromatic carbocycles. The second-order valence-corrected chi connectivity index (χ2v) is 4.00. The van der Waals surface area contributed by atoms with Gasteiger partial charge in [0.1, 0.15) is 0 Å². The van der Waals surface area contributed by atoms with Gasteiger partial charge < -0.3 is 16.0 Å². The van der Waals surface area contributed by atoms with Crippen molar-refractivity contribution < 1.29 is 0 Å². The monoisotopic (exact) mass is 171 g/mol. The lowest BCUT2D eigenvalue weighted by Crippen LogP contribution is -2.36. The summed E-state index contributed by atoms with van der Waals surface area (Å²) in [5.74, 6) is 0.607. The Morgan fingerprint density at radius 3 is 2.92 bits per heavy atom. The molecule has 0 bridgehead atoms. The molecule has 0 saturated carbocycles. The number of hydrogen-bond donors (Lipinski definition) is 2. The van der Waals surface area contributed by atoms with Crippen LogP contribution in [-0.2, 0) is 0 Å². The van der Waals surface area contributed by atoms with Gasteiger partial charge in [0.2, 0.25) is 0 Å². The van der Waals surface area contributed by atoms with Gasteiger partial charge in [-0.25, -0.2) is 0 Å². The van der Waals surface area contributed by atoms with Gasteiger partial charge in [0.15, 0.2) is 0 Å². The minimum atomic E-state index is 0.607. The van der Waals surface area contributed by atoms with Gasteiger partial charge in [0.05, 0.1) is 0 Å². The number of likely N-dealkylation sites (N-methyl/N-ethyl adjacent to an activating group) is 1. The van der Waals surface area contributed by atoms with Crippen molar-refractivity contribution in [1.82, 2.24) is 10.2 Å². The molecule has 1 saturated heterocycles. The molecular formula is C9H21N3. The molecule has 0 amide bonds. The van der Waals surface area contributed by atoms with Gasteiger partial charge >= 0.3 is 0 Å². The van der Waals surface area contributed by atoms with E-state index in [1.807, 2.05) is 0 Å². The van der Waals surface area contributed by atoms with Crippen molar-refractivity contribution in [2.24, 2.45) is 11.7 Å². The second kappa shape index (κ2) is 4.80. The fraction of sp³-hybridized carbons (Fsp3) is 1.00. The first-order chi connectivity index (χ1) is 5.72. The molecule has 72 valence electrons. The van der Waals surface area contributed by atoms with E-state index in [-0.39, 0.29) is 0 Å². The Hall–Kier alpha value is -0.120. The van der Waals surface area contributed by atoms with E-state index in [9.17, 15) is 0 Å². The van der Waals surface area contributed by atoms with E-state index in [0.29, 0.717) is 12.0 Å². The van der Waals surface area contributed by atoms with E-state index in [4.69, 9.17) is 5.73 Å². The van der Waals surface area contributed by atoms with Crippen LogP contribution < -0.4 is 11.1 Å². The Morgan fingerprint density at radius 2 is 2.42 bits per heavy atom. The van der Waals surface area contributed by atoms with Gasteiger partial charge in [0.25, 0.3) is 0 Å². The summed E-state index contributed by atoms with van der Waals surface area (Å²) < 4.78 is 0. The van der Waals surface area contributed by atoms with Crippen molar-refractivity contribution in [3.8, 4) is 0 Å². The number of nitrogens with zero attached hydrogens (tertiary/aromatic N) is 1. The molecular weight excluding hydrogens is 150 g/mol.